The average Bonchev–Trinajstić information content (AvgIpc) is 3.60. The Balaban J connectivity index is 1.73. The fraction of sp³-hybridized carbons (Fsp3) is 0.440. The molecule has 0 saturated heterocycles. The lowest BCUT2D eigenvalue weighted by atomic mass is 10.0. The molecule has 2 N–H and O–H groups in total. The summed E-state index contributed by atoms with van der Waals surface area (Å²) in [6.45, 7) is 11.2. The molecule has 2 atom stereocenters. The second kappa shape index (κ2) is 12.0. The molecule has 0 aliphatic rings. The Bertz CT molecular complexity index is 1300. The van der Waals surface area contributed by atoms with E-state index >= 15 is 0 Å². The minimum atomic E-state index is -0.641. The van der Waals surface area contributed by atoms with Crippen LogP contribution in [0.25, 0.3) is 11.6 Å². The Morgan fingerprint density at radius 2 is 1.86 bits per heavy atom. The van der Waals surface area contributed by atoms with Gasteiger partial charge in [-0.15, -0.1) is 11.3 Å². The van der Waals surface area contributed by atoms with E-state index in [4.69, 9.17) is 8.83 Å². The highest BCUT2D eigenvalue weighted by Gasteiger charge is 2.26. The maximum Gasteiger partial charge on any atom is 0.360 e. The van der Waals surface area contributed by atoms with E-state index in [1.54, 1.807) is 19.2 Å². The largest absolute Gasteiger partial charge is 0.464 e. The highest BCUT2D eigenvalue weighted by Crippen LogP contribution is 2.30. The van der Waals surface area contributed by atoms with Crippen molar-refractivity contribution < 1.29 is 28.0 Å². The summed E-state index contributed by atoms with van der Waals surface area (Å²) in [6, 6.07) is -0.912. The van der Waals surface area contributed by atoms with E-state index < -0.39 is 17.9 Å². The van der Waals surface area contributed by atoms with E-state index in [9.17, 15) is 14.4 Å². The predicted octanol–water partition coefficient (Wildman–Crippen LogP) is 4.54. The number of carbonyl (C=O) groups excluding carboxylic acids is 3. The van der Waals surface area contributed by atoms with E-state index in [2.05, 4.69) is 30.3 Å². The molecule has 0 aliphatic heterocycles. The number of aromatic nitrogens is 3. The number of nitrogens with one attached hydrogen (secondary N) is 2. The maximum absolute atomic E-state index is 12.9. The van der Waals surface area contributed by atoms with Crippen LogP contribution in [0.2, 0.25) is 0 Å². The van der Waals surface area contributed by atoms with Crippen LogP contribution in [0.15, 0.2) is 32.1 Å². The monoisotopic (exact) mass is 529 g/mol. The third kappa shape index (κ3) is 6.91. The molecule has 12 heteroatoms. The average molecular weight is 530 g/mol. The van der Waals surface area contributed by atoms with Gasteiger partial charge in [-0.05, 0) is 33.6 Å². The third-order valence-electron chi connectivity index (χ3n) is 5.33. The molecule has 3 heterocycles. The van der Waals surface area contributed by atoms with Crippen molar-refractivity contribution in [3.63, 3.8) is 0 Å². The van der Waals surface area contributed by atoms with Gasteiger partial charge in [0.1, 0.15) is 28.8 Å². The summed E-state index contributed by atoms with van der Waals surface area (Å²) in [5.41, 5.74) is 1.64. The van der Waals surface area contributed by atoms with Crippen molar-refractivity contribution in [2.45, 2.75) is 60.0 Å². The molecule has 3 aromatic rings. The van der Waals surface area contributed by atoms with Crippen LogP contribution in [0.4, 0.5) is 0 Å². The van der Waals surface area contributed by atoms with Crippen molar-refractivity contribution in [1.29, 1.82) is 0 Å². The van der Waals surface area contributed by atoms with Gasteiger partial charge < -0.3 is 24.2 Å². The SMILES string of the molecule is COC(=O)c1coc([C@H](C)NC(=O)c2nc(-c3csc([C@@H](NC(=O)CC=C(C)C)C(C)C)n3)oc2C)n1. The molecular formula is C25H31N5O6S. The summed E-state index contributed by atoms with van der Waals surface area (Å²) in [7, 11) is 1.24. The Hall–Kier alpha value is -3.80. The summed E-state index contributed by atoms with van der Waals surface area (Å²) in [5, 5.41) is 8.27. The molecule has 0 spiro atoms. The first kappa shape index (κ1) is 27.8. The molecule has 2 amide bonds. The van der Waals surface area contributed by atoms with Gasteiger partial charge in [-0.25, -0.2) is 19.7 Å². The summed E-state index contributed by atoms with van der Waals surface area (Å²) < 4.78 is 15.6. The molecule has 37 heavy (non-hydrogen) atoms. The van der Waals surface area contributed by atoms with E-state index in [-0.39, 0.29) is 41.0 Å². The number of amides is 2. The fourth-order valence-electron chi connectivity index (χ4n) is 3.30. The Kier molecular flexibility index (Phi) is 8.98. The number of hydrogen-bond donors (Lipinski definition) is 2. The molecule has 3 rings (SSSR count). The zero-order valence-electron chi connectivity index (χ0n) is 21.9. The zero-order chi connectivity index (χ0) is 27.3. The van der Waals surface area contributed by atoms with Crippen LogP contribution in [0.5, 0.6) is 0 Å². The van der Waals surface area contributed by atoms with E-state index in [1.807, 2.05) is 33.8 Å². The van der Waals surface area contributed by atoms with Crippen LogP contribution in [0.3, 0.4) is 0 Å². The Labute approximate surface area is 218 Å². The molecule has 0 unspecified atom stereocenters. The van der Waals surface area contributed by atoms with Gasteiger partial charge in [0, 0.05) is 11.8 Å². The van der Waals surface area contributed by atoms with Crippen molar-refractivity contribution in [2.24, 2.45) is 5.92 Å². The fourth-order valence-corrected chi connectivity index (χ4v) is 4.31. The highest BCUT2D eigenvalue weighted by atomic mass is 32.1. The third-order valence-corrected chi connectivity index (χ3v) is 6.26. The van der Waals surface area contributed by atoms with Gasteiger partial charge in [-0.3, -0.25) is 9.59 Å². The van der Waals surface area contributed by atoms with E-state index in [0.717, 1.165) is 16.8 Å². The molecular weight excluding hydrogens is 498 g/mol. The highest BCUT2D eigenvalue weighted by molar-refractivity contribution is 7.10. The molecule has 0 saturated carbocycles. The van der Waals surface area contributed by atoms with Crippen LogP contribution in [0, 0.1) is 12.8 Å². The number of allylic oxidation sites excluding steroid dienone is 1. The van der Waals surface area contributed by atoms with Crippen molar-refractivity contribution in [3.8, 4) is 11.6 Å². The normalized spacial score (nSPS) is 12.6. The minimum absolute atomic E-state index is 0.00525. The summed E-state index contributed by atoms with van der Waals surface area (Å²) >= 11 is 1.38. The van der Waals surface area contributed by atoms with Crippen molar-refractivity contribution in [3.05, 3.63) is 51.3 Å². The van der Waals surface area contributed by atoms with E-state index in [0.29, 0.717) is 17.9 Å². The van der Waals surface area contributed by atoms with Gasteiger partial charge in [0.2, 0.25) is 17.7 Å². The van der Waals surface area contributed by atoms with Gasteiger partial charge in [0.05, 0.1) is 13.2 Å². The Morgan fingerprint density at radius 3 is 2.51 bits per heavy atom. The number of oxazole rings is 2. The first-order valence-electron chi connectivity index (χ1n) is 11.7. The lowest BCUT2D eigenvalue weighted by Gasteiger charge is -2.19. The number of thiazole rings is 1. The summed E-state index contributed by atoms with van der Waals surface area (Å²) in [6.07, 6.45) is 3.34. The number of hydrogen-bond acceptors (Lipinski definition) is 10. The van der Waals surface area contributed by atoms with E-state index in [1.165, 1.54) is 18.4 Å². The van der Waals surface area contributed by atoms with Gasteiger partial charge in [0.15, 0.2) is 11.4 Å². The number of nitrogens with zero attached hydrogens (tertiary/aromatic N) is 3. The number of esters is 1. The lowest BCUT2D eigenvalue weighted by Crippen LogP contribution is -2.31. The lowest BCUT2D eigenvalue weighted by molar-refractivity contribution is -0.121. The zero-order valence-corrected chi connectivity index (χ0v) is 22.7. The van der Waals surface area contributed by atoms with Crippen molar-refractivity contribution in [1.82, 2.24) is 25.6 Å². The molecule has 0 radical (unpaired) electrons. The van der Waals surface area contributed by atoms with Crippen LogP contribution in [-0.2, 0) is 9.53 Å². The number of methoxy groups -OCH3 is 1. The quantitative estimate of drug-likeness (QED) is 0.285. The first-order chi connectivity index (χ1) is 17.5. The number of aryl methyl sites for hydroxylation is 1. The second-order valence-electron chi connectivity index (χ2n) is 9.03. The van der Waals surface area contributed by atoms with Gasteiger partial charge in [0.25, 0.3) is 5.91 Å². The van der Waals surface area contributed by atoms with Gasteiger partial charge in [-0.2, -0.15) is 0 Å². The number of ether oxygens (including phenoxy) is 1. The second-order valence-corrected chi connectivity index (χ2v) is 9.92. The van der Waals surface area contributed by atoms with Crippen LogP contribution >= 0.6 is 11.3 Å². The van der Waals surface area contributed by atoms with Gasteiger partial charge >= 0.3 is 5.97 Å². The summed E-state index contributed by atoms with van der Waals surface area (Å²) in [5.74, 6) is -0.460. The summed E-state index contributed by atoms with van der Waals surface area (Å²) in [4.78, 5) is 49.8. The van der Waals surface area contributed by atoms with Crippen LogP contribution < -0.4 is 10.6 Å². The predicted molar refractivity (Wildman–Crippen MR) is 136 cm³/mol. The van der Waals surface area contributed by atoms with Crippen LogP contribution in [-0.4, -0.2) is 39.8 Å². The number of rotatable bonds is 10. The van der Waals surface area contributed by atoms with Gasteiger partial charge in [-0.1, -0.05) is 25.5 Å². The standard InChI is InChI=1S/C25H31N5O6S/c1-12(2)8-9-18(31)29-19(13(3)4)24-28-17(11-37-24)23-30-20(15(6)36-23)21(32)26-14(5)22-27-16(10-35-22)25(33)34-7/h8,10-11,13-14,19H,9H2,1-7H3,(H,26,32)(H,29,31)/t14-,19-/m0/s1. The molecule has 0 fully saturated rings. The molecule has 0 bridgehead atoms. The number of carbonyl (C=O) groups is 3. The molecule has 0 aliphatic carbocycles. The molecule has 11 nitrogen and oxygen atoms in total. The molecule has 3 aromatic heterocycles. The topological polar surface area (TPSA) is 149 Å². The molecule has 198 valence electrons. The van der Waals surface area contributed by atoms with Crippen molar-refractivity contribution in [2.75, 3.05) is 7.11 Å². The minimum Gasteiger partial charge on any atom is -0.464 e. The molecule has 0 aromatic carbocycles. The smallest absolute Gasteiger partial charge is 0.360 e. The Morgan fingerprint density at radius 1 is 1.14 bits per heavy atom. The van der Waals surface area contributed by atoms with Crippen LogP contribution in [0.1, 0.15) is 90.8 Å². The maximum atomic E-state index is 12.9. The first-order valence-corrected chi connectivity index (χ1v) is 12.6. The van der Waals surface area contributed by atoms with Crippen molar-refractivity contribution >= 4 is 29.1 Å².